The number of nitrogens with zero attached hydrogens (tertiary/aromatic N) is 3. The van der Waals surface area contributed by atoms with E-state index in [9.17, 15) is 4.79 Å². The van der Waals surface area contributed by atoms with Crippen molar-refractivity contribution < 1.29 is 25.1 Å². The predicted octanol–water partition coefficient (Wildman–Crippen LogP) is 4.29. The van der Waals surface area contributed by atoms with Gasteiger partial charge in [-0.1, -0.05) is 13.8 Å². The van der Waals surface area contributed by atoms with Gasteiger partial charge in [-0.05, 0) is 56.6 Å². The molecule has 0 spiro atoms. The molecule has 7 nitrogen and oxygen atoms in total. The maximum atomic E-state index is 11.9. The molecule has 2 rings (SSSR count). The van der Waals surface area contributed by atoms with E-state index in [2.05, 4.69) is 50.9 Å². The number of fused-ring (bicyclic) bond motifs is 1. The first-order valence-corrected chi connectivity index (χ1v) is 9.10. The van der Waals surface area contributed by atoms with Gasteiger partial charge in [0.1, 0.15) is 5.60 Å². The molecule has 0 fully saturated rings. The van der Waals surface area contributed by atoms with E-state index in [1.54, 1.807) is 6.20 Å². The van der Waals surface area contributed by atoms with E-state index in [0.717, 1.165) is 11.8 Å². The summed E-state index contributed by atoms with van der Waals surface area (Å²) in [5.74, 6) is 0.443. The molecule has 2 N–H and O–H groups in total. The number of nitrogens with one attached hydrogen (secondary N) is 2. The molecule has 9 heteroatoms. The molecule has 0 bridgehead atoms. The Morgan fingerprint density at radius 3 is 2.69 bits per heavy atom. The minimum absolute atomic E-state index is 0.000912. The number of carbonyl (C=O) groups is 1. The van der Waals surface area contributed by atoms with Gasteiger partial charge < -0.3 is 14.6 Å². The Morgan fingerprint density at radius 1 is 1.46 bits per heavy atom. The standard InChI is InChI=1S/C17H24ClN4O2.Co.HN/c1-11(2)8-13(10-20-16(23)24-17(3,4)5)22-7-6-12-9-19-15(18)21-14(12)22;;/h6,9,11,13H,8,10H2,1-5H3,(H,20,23);;1H/q-1;;. The molecular formula is C17H25ClCoN5O2-. The predicted molar refractivity (Wildman–Crippen MR) is 96.8 cm³/mol. The van der Waals surface area contributed by atoms with E-state index in [4.69, 9.17) is 20.8 Å². The third-order valence-electron chi connectivity index (χ3n) is 3.34. The summed E-state index contributed by atoms with van der Waals surface area (Å²) in [4.78, 5) is 20.2. The molecule has 0 saturated heterocycles. The number of halogens is 1. The van der Waals surface area contributed by atoms with Gasteiger partial charge in [-0.25, -0.2) is 9.78 Å². The van der Waals surface area contributed by atoms with Gasteiger partial charge in [0.05, 0.1) is 0 Å². The van der Waals surface area contributed by atoms with Crippen LogP contribution in [0.5, 0.6) is 0 Å². The molecule has 147 valence electrons. The number of hydrogen-bond acceptors (Lipinski definition) is 5. The van der Waals surface area contributed by atoms with Crippen LogP contribution in [0.15, 0.2) is 12.3 Å². The Labute approximate surface area is 167 Å². The maximum absolute atomic E-state index is 11.9. The molecule has 2 aromatic rings. The number of alkyl carbamates (subject to hydrolysis) is 1. The fourth-order valence-electron chi connectivity index (χ4n) is 2.47. The van der Waals surface area contributed by atoms with E-state index < -0.39 is 11.7 Å². The Morgan fingerprint density at radius 2 is 2.12 bits per heavy atom. The summed E-state index contributed by atoms with van der Waals surface area (Å²) in [6.07, 6.45) is 5.28. The van der Waals surface area contributed by atoms with Crippen LogP contribution in [0.4, 0.5) is 4.79 Å². The summed E-state index contributed by atoms with van der Waals surface area (Å²) in [5, 5.41) is 3.89. The third kappa shape index (κ3) is 7.01. The van der Waals surface area contributed by atoms with Crippen molar-refractivity contribution in [2.45, 2.75) is 52.7 Å². The average Bonchev–Trinajstić information content (AvgIpc) is 2.94. The van der Waals surface area contributed by atoms with Crippen LogP contribution in [0.2, 0.25) is 5.28 Å². The summed E-state index contributed by atoms with van der Waals surface area (Å²) in [6.45, 7) is 10.2. The zero-order valence-electron chi connectivity index (χ0n) is 15.6. The van der Waals surface area contributed by atoms with E-state index in [1.165, 1.54) is 0 Å². The van der Waals surface area contributed by atoms with Crippen molar-refractivity contribution in [1.82, 2.24) is 19.9 Å². The second kappa shape index (κ2) is 9.99. The topological polar surface area (TPSA) is 92.9 Å². The zero-order chi connectivity index (χ0) is 19.9. The molecule has 0 saturated carbocycles. The first-order valence-electron chi connectivity index (χ1n) is 8.20. The van der Waals surface area contributed by atoms with Gasteiger partial charge in [0.15, 0.2) is 0 Å². The summed E-state index contributed by atoms with van der Waals surface area (Å²) >= 11 is 8.73. The molecule has 0 radical (unpaired) electrons. The van der Waals surface area contributed by atoms with Gasteiger partial charge >= 0.3 is 26.0 Å². The molecule has 0 aliphatic rings. The van der Waals surface area contributed by atoms with Gasteiger partial charge in [-0.3, -0.25) is 4.98 Å². The summed E-state index contributed by atoms with van der Waals surface area (Å²) in [7, 11) is 0. The van der Waals surface area contributed by atoms with Crippen molar-refractivity contribution >= 4 is 28.7 Å². The quantitative estimate of drug-likeness (QED) is 0.552. The van der Waals surface area contributed by atoms with Crippen LogP contribution in [0, 0.1) is 16.5 Å². The molecule has 2 heterocycles. The number of ether oxygens (including phenoxy) is 1. The molecule has 0 aliphatic carbocycles. The van der Waals surface area contributed by atoms with Crippen molar-refractivity contribution in [3.63, 3.8) is 0 Å². The Balaban J connectivity index is 0.00000163. The van der Waals surface area contributed by atoms with Crippen molar-refractivity contribution in [2.75, 3.05) is 6.54 Å². The van der Waals surface area contributed by atoms with Gasteiger partial charge in [0.25, 0.3) is 0 Å². The molecule has 1 amide bonds. The van der Waals surface area contributed by atoms with Crippen LogP contribution in [-0.2, 0) is 20.3 Å². The van der Waals surface area contributed by atoms with Crippen LogP contribution < -0.4 is 5.32 Å². The first-order chi connectivity index (χ1) is 12.2. The van der Waals surface area contributed by atoms with E-state index in [-0.39, 0.29) is 11.3 Å². The molecule has 0 aliphatic heterocycles. The Bertz CT molecular complexity index is 730. The molecular weight excluding hydrogens is 401 g/mol. The third-order valence-corrected chi connectivity index (χ3v) is 3.53. The normalized spacial score (nSPS) is 12.5. The molecule has 1 unspecified atom stereocenters. The fraction of sp³-hybridized carbons (Fsp3) is 0.588. The number of aromatic nitrogens is 3. The van der Waals surface area contributed by atoms with Crippen molar-refractivity contribution in [3.8, 4) is 0 Å². The molecule has 1 atom stereocenters. The summed E-state index contributed by atoms with van der Waals surface area (Å²) in [6, 6.07) is 1.83. The van der Waals surface area contributed by atoms with Crippen LogP contribution >= 0.6 is 11.6 Å². The monoisotopic (exact) mass is 425 g/mol. The minimum atomic E-state index is -0.523. The Hall–Kier alpha value is -1.51. The fourth-order valence-corrected chi connectivity index (χ4v) is 2.60. The Kier molecular flexibility index (Phi) is 8.65. The molecule has 0 aromatic carbocycles. The van der Waals surface area contributed by atoms with Gasteiger partial charge in [0, 0.05) is 12.6 Å². The van der Waals surface area contributed by atoms with Crippen LogP contribution in [0.1, 0.15) is 47.1 Å². The average molecular weight is 426 g/mol. The summed E-state index contributed by atoms with van der Waals surface area (Å²) in [5.41, 5.74) is 0.191. The van der Waals surface area contributed by atoms with Crippen LogP contribution in [0.3, 0.4) is 0 Å². The van der Waals surface area contributed by atoms with E-state index >= 15 is 0 Å². The molecule has 2 aromatic heterocycles. The van der Waals surface area contributed by atoms with E-state index in [1.807, 2.05) is 31.4 Å². The zero-order valence-corrected chi connectivity index (χ0v) is 17.4. The number of carbonyl (C=O) groups excluding carboxylic acids is 1. The van der Waals surface area contributed by atoms with Crippen molar-refractivity contribution in [1.29, 1.82) is 4.41 Å². The first kappa shape index (κ1) is 22.5. The van der Waals surface area contributed by atoms with Crippen LogP contribution in [-0.4, -0.2) is 32.8 Å². The van der Waals surface area contributed by atoms with E-state index in [0.29, 0.717) is 18.1 Å². The second-order valence-electron chi connectivity index (χ2n) is 7.23. The van der Waals surface area contributed by atoms with Gasteiger partial charge in [-0.2, -0.15) is 6.07 Å². The number of rotatable bonds is 5. The number of hydrogen-bond donors (Lipinski definition) is 2. The SMILES string of the molecule is CC(C)CC(CNC(=O)OC(C)(C)C)n1[c-]cc2cnc(Cl)nc21.[NH]=[Co]. The molecule has 26 heavy (non-hydrogen) atoms. The van der Waals surface area contributed by atoms with Crippen molar-refractivity contribution in [2.24, 2.45) is 5.92 Å². The summed E-state index contributed by atoms with van der Waals surface area (Å²) < 4.78 is 12.7. The van der Waals surface area contributed by atoms with Gasteiger partial charge in [0.2, 0.25) is 5.28 Å². The van der Waals surface area contributed by atoms with Crippen molar-refractivity contribution in [3.05, 3.63) is 23.7 Å². The second-order valence-corrected chi connectivity index (χ2v) is 7.57. The van der Waals surface area contributed by atoms with Gasteiger partial charge in [-0.15, -0.1) is 11.6 Å². The number of amides is 1. The van der Waals surface area contributed by atoms with Crippen LogP contribution in [0.25, 0.3) is 11.0 Å².